The first kappa shape index (κ1) is 44.5. The van der Waals surface area contributed by atoms with Gasteiger partial charge in [-0.1, -0.05) is 47.5 Å². The number of hydrogen-bond donors (Lipinski definition) is 3. The Bertz CT molecular complexity index is 2620. The van der Waals surface area contributed by atoms with Crippen LogP contribution >= 0.6 is 23.2 Å². The van der Waals surface area contributed by atoms with Crippen LogP contribution in [-0.4, -0.2) is 110 Å². The Labute approximate surface area is 368 Å². The molecule has 0 spiro atoms. The molecule has 2 aromatic heterocycles. The van der Waals surface area contributed by atoms with Gasteiger partial charge in [0.25, 0.3) is 23.5 Å². The minimum Gasteiger partial charge on any atom is -0.361 e. The van der Waals surface area contributed by atoms with Crippen molar-refractivity contribution in [2.75, 3.05) is 33.2 Å². The number of amides is 3. The van der Waals surface area contributed by atoms with Crippen LogP contribution in [0.1, 0.15) is 69.9 Å². The van der Waals surface area contributed by atoms with Gasteiger partial charge in [0.15, 0.2) is 0 Å². The number of likely N-dealkylation sites (N-methyl/N-ethyl adjacent to an activating group) is 1. The number of benzene rings is 4. The molecule has 0 aliphatic carbocycles. The summed E-state index contributed by atoms with van der Waals surface area (Å²) in [6, 6.07) is 22.1. The van der Waals surface area contributed by atoms with Gasteiger partial charge < -0.3 is 25.1 Å². The van der Waals surface area contributed by atoms with Crippen molar-refractivity contribution >= 4 is 68.5 Å². The molecule has 2 aliphatic heterocycles. The molecule has 62 heavy (non-hydrogen) atoms. The summed E-state index contributed by atoms with van der Waals surface area (Å²) in [6.45, 7) is 12.1. The van der Waals surface area contributed by atoms with Crippen LogP contribution in [0.4, 0.5) is 8.78 Å². The molecule has 0 radical (unpaired) electrons. The van der Waals surface area contributed by atoms with Crippen LogP contribution in [0.25, 0.3) is 21.8 Å². The third-order valence-electron chi connectivity index (χ3n) is 11.9. The summed E-state index contributed by atoms with van der Waals surface area (Å²) >= 11 is 12.9. The SMILES string of the molecule is CNC(=O)C(=O)c1c[nH]c2cc(Cl)c(C(=O)N3C[C@H](C)N(Cc4ccc(F)cc4)C[C@H]3C)cc12.C[C@@H]1CN(Cc2ccc(F)cc2)[C@@H](C)CN1C(=O)c1cc2cc[nH]c2cc1Cl. The molecule has 2 saturated heterocycles. The lowest BCUT2D eigenvalue weighted by Gasteiger charge is -2.44. The standard InChI is InChI=1S/C25H26ClFN4O3.C22H23ClFN3O/c1-14-12-31(15(2)11-30(14)13-16-4-6-17(27)7-5-16)25(34)19-8-18-20(23(32)24(33)28-3)10-29-22(18)9-21(19)26;1-14-12-27(15(2)11-26(14)13-16-3-5-18(24)6-4-16)22(28)19-9-17-7-8-25-21(17)10-20(19)23/h4-10,14-15,29H,11-13H2,1-3H3,(H,28,33);3-10,14-15,25H,11-13H2,1-2H3/t2*14-,15+/m00/s1. The molecular formula is C47H49Cl2F2N7O4. The fourth-order valence-corrected chi connectivity index (χ4v) is 8.82. The molecule has 4 aromatic carbocycles. The number of halogens is 4. The molecule has 3 N–H and O–H groups in total. The molecule has 2 fully saturated rings. The van der Waals surface area contributed by atoms with Crippen molar-refractivity contribution in [3.63, 3.8) is 0 Å². The van der Waals surface area contributed by atoms with Crippen molar-refractivity contribution in [3.05, 3.63) is 141 Å². The summed E-state index contributed by atoms with van der Waals surface area (Å²) in [4.78, 5) is 65.4. The molecule has 0 bridgehead atoms. The van der Waals surface area contributed by atoms with Crippen molar-refractivity contribution in [1.29, 1.82) is 0 Å². The molecule has 6 aromatic rings. The van der Waals surface area contributed by atoms with Crippen molar-refractivity contribution in [1.82, 2.24) is 34.9 Å². The maximum Gasteiger partial charge on any atom is 0.292 e. The Morgan fingerprint density at radius 3 is 1.61 bits per heavy atom. The number of carbonyl (C=O) groups is 4. The number of Topliss-reactive ketones (excluding diaryl/α,β-unsaturated/α-hetero) is 1. The Hall–Kier alpha value is -5.60. The number of ketones is 1. The van der Waals surface area contributed by atoms with Crippen LogP contribution in [0.5, 0.6) is 0 Å². The van der Waals surface area contributed by atoms with Crippen molar-refractivity contribution in [2.24, 2.45) is 0 Å². The summed E-state index contributed by atoms with van der Waals surface area (Å²) in [6.07, 6.45) is 3.29. The van der Waals surface area contributed by atoms with Gasteiger partial charge in [-0.25, -0.2) is 8.78 Å². The van der Waals surface area contributed by atoms with E-state index in [2.05, 4.69) is 38.9 Å². The smallest absolute Gasteiger partial charge is 0.292 e. The average Bonchev–Trinajstić information content (AvgIpc) is 3.89. The van der Waals surface area contributed by atoms with Crippen LogP contribution in [0.2, 0.25) is 10.0 Å². The van der Waals surface area contributed by atoms with E-state index >= 15 is 0 Å². The summed E-state index contributed by atoms with van der Waals surface area (Å²) in [5.74, 6) is -2.18. The lowest BCUT2D eigenvalue weighted by atomic mass is 10.0. The Kier molecular flexibility index (Phi) is 13.5. The van der Waals surface area contributed by atoms with Crippen LogP contribution < -0.4 is 5.32 Å². The second-order valence-electron chi connectivity index (χ2n) is 16.3. The number of nitrogens with zero attached hydrogens (tertiary/aromatic N) is 4. The first-order chi connectivity index (χ1) is 29.6. The van der Waals surface area contributed by atoms with Gasteiger partial charge in [0.1, 0.15) is 11.6 Å². The van der Waals surface area contributed by atoms with E-state index in [0.29, 0.717) is 47.7 Å². The highest BCUT2D eigenvalue weighted by atomic mass is 35.5. The monoisotopic (exact) mass is 883 g/mol. The largest absolute Gasteiger partial charge is 0.361 e. The summed E-state index contributed by atoms with van der Waals surface area (Å²) in [7, 11) is 1.39. The van der Waals surface area contributed by atoms with E-state index in [0.717, 1.165) is 35.1 Å². The molecular weight excluding hydrogens is 835 g/mol. The topological polar surface area (TPSA) is 125 Å². The molecule has 4 atom stereocenters. The zero-order valence-electron chi connectivity index (χ0n) is 35.1. The van der Waals surface area contributed by atoms with E-state index in [4.69, 9.17) is 23.2 Å². The summed E-state index contributed by atoms with van der Waals surface area (Å²) in [5.41, 5.74) is 4.58. The number of aromatic amines is 2. The van der Waals surface area contributed by atoms with Crippen molar-refractivity contribution in [2.45, 2.75) is 65.0 Å². The van der Waals surface area contributed by atoms with E-state index in [-0.39, 0.29) is 63.8 Å². The molecule has 2 aliphatic rings. The predicted molar refractivity (Wildman–Crippen MR) is 239 cm³/mol. The normalized spacial score (nSPS) is 19.6. The van der Waals surface area contributed by atoms with Gasteiger partial charge in [0, 0.05) is 105 Å². The molecule has 8 rings (SSSR count). The molecule has 324 valence electrons. The van der Waals surface area contributed by atoms with Crippen LogP contribution in [0.15, 0.2) is 91.3 Å². The number of piperazine rings is 2. The number of H-pyrrole nitrogens is 2. The van der Waals surface area contributed by atoms with E-state index < -0.39 is 11.7 Å². The Balaban J connectivity index is 0.000000190. The highest BCUT2D eigenvalue weighted by molar-refractivity contribution is 6.45. The molecule has 0 unspecified atom stereocenters. The minimum absolute atomic E-state index is 0.0334. The van der Waals surface area contributed by atoms with Gasteiger partial charge >= 0.3 is 0 Å². The summed E-state index contributed by atoms with van der Waals surface area (Å²) < 4.78 is 26.4. The van der Waals surface area contributed by atoms with Crippen molar-refractivity contribution in [3.8, 4) is 0 Å². The highest BCUT2D eigenvalue weighted by Gasteiger charge is 2.35. The predicted octanol–water partition coefficient (Wildman–Crippen LogP) is 8.32. The molecule has 4 heterocycles. The fraction of sp³-hybridized carbons (Fsp3) is 0.319. The molecule has 0 saturated carbocycles. The Morgan fingerprint density at radius 2 is 1.11 bits per heavy atom. The number of aromatic nitrogens is 2. The maximum atomic E-state index is 13.5. The zero-order valence-corrected chi connectivity index (χ0v) is 36.7. The fourth-order valence-electron chi connectivity index (χ4n) is 8.33. The number of rotatable bonds is 8. The minimum atomic E-state index is -0.733. The van der Waals surface area contributed by atoms with Gasteiger partial charge in [-0.15, -0.1) is 0 Å². The third-order valence-corrected chi connectivity index (χ3v) is 12.5. The van der Waals surface area contributed by atoms with E-state index in [1.807, 2.05) is 55.3 Å². The second kappa shape index (κ2) is 18.8. The average molecular weight is 885 g/mol. The zero-order chi connectivity index (χ0) is 44.4. The maximum absolute atomic E-state index is 13.5. The first-order valence-corrected chi connectivity index (χ1v) is 21.3. The van der Waals surface area contributed by atoms with Crippen molar-refractivity contribution < 1.29 is 28.0 Å². The Morgan fingerprint density at radius 1 is 0.629 bits per heavy atom. The van der Waals surface area contributed by atoms with E-state index in [1.54, 1.807) is 29.2 Å². The quantitative estimate of drug-likeness (QED) is 0.104. The number of hydrogen-bond acceptors (Lipinski definition) is 6. The van der Waals surface area contributed by atoms with Gasteiger partial charge in [0.05, 0.1) is 26.7 Å². The summed E-state index contributed by atoms with van der Waals surface area (Å²) in [5, 5.41) is 4.51. The molecule has 15 heteroatoms. The molecule has 3 amide bonds. The highest BCUT2D eigenvalue weighted by Crippen LogP contribution is 2.31. The van der Waals surface area contributed by atoms with Gasteiger partial charge in [-0.2, -0.15) is 0 Å². The first-order valence-electron chi connectivity index (χ1n) is 20.5. The van der Waals surface area contributed by atoms with Gasteiger partial charge in [-0.3, -0.25) is 29.0 Å². The van der Waals surface area contributed by atoms with Crippen LogP contribution in [-0.2, 0) is 17.9 Å². The van der Waals surface area contributed by atoms with E-state index in [9.17, 15) is 28.0 Å². The van der Waals surface area contributed by atoms with Gasteiger partial charge in [-0.05, 0) is 93.4 Å². The lowest BCUT2D eigenvalue weighted by molar-refractivity contribution is -0.116. The number of carbonyl (C=O) groups excluding carboxylic acids is 4. The second-order valence-corrected chi connectivity index (χ2v) is 17.1. The third kappa shape index (κ3) is 9.56. The van der Waals surface area contributed by atoms with Crippen LogP contribution in [0.3, 0.4) is 0 Å². The number of fused-ring (bicyclic) bond motifs is 2. The van der Waals surface area contributed by atoms with Gasteiger partial charge in [0.2, 0.25) is 0 Å². The number of nitrogens with one attached hydrogen (secondary N) is 3. The molecule has 11 nitrogen and oxygen atoms in total. The van der Waals surface area contributed by atoms with Crippen LogP contribution in [0, 0.1) is 11.6 Å². The van der Waals surface area contributed by atoms with E-state index in [1.165, 1.54) is 37.5 Å². The lowest BCUT2D eigenvalue weighted by Crippen LogP contribution is -2.57.